The van der Waals surface area contributed by atoms with Gasteiger partial charge in [-0.25, -0.2) is 9.97 Å². The van der Waals surface area contributed by atoms with E-state index in [9.17, 15) is 4.79 Å². The molecule has 0 bridgehead atoms. The van der Waals surface area contributed by atoms with Crippen LogP contribution in [-0.2, 0) is 9.53 Å². The number of amides is 1. The monoisotopic (exact) mass is 420 g/mol. The summed E-state index contributed by atoms with van der Waals surface area (Å²) >= 11 is 1.54. The number of hydrogen-bond acceptors (Lipinski definition) is 7. The van der Waals surface area contributed by atoms with Crippen LogP contribution in [0.3, 0.4) is 0 Å². The molecule has 1 aromatic carbocycles. The predicted molar refractivity (Wildman–Crippen MR) is 117 cm³/mol. The lowest BCUT2D eigenvalue weighted by Gasteiger charge is -2.28. The number of carbonyl (C=O) groups is 1. The number of fused-ring (bicyclic) bond motifs is 2. The molecule has 2 N–H and O–H groups in total. The number of aromatic amines is 1. The number of morpholine rings is 1. The standard InChI is InChI=1S/C21H20N6O2S/c28-21(12-4-5-12)24-17-10-16-18(30-17)20(27-6-8-29-9-7-27)25-19(23-16)13-2-1-3-15-14(13)11-22-26-15/h1-3,10-12H,4-9H2,(H,22,26)(H,24,28). The SMILES string of the molecule is O=C(Nc1cc2nc(-c3cccc4[nH]ncc34)nc(N3CCOCC3)c2s1)C1CC1. The summed E-state index contributed by atoms with van der Waals surface area (Å²) in [5.74, 6) is 1.82. The Hall–Kier alpha value is -3.04. The van der Waals surface area contributed by atoms with Gasteiger partial charge in [-0.3, -0.25) is 9.89 Å². The van der Waals surface area contributed by atoms with Crippen molar-refractivity contribution < 1.29 is 9.53 Å². The first kappa shape index (κ1) is 17.8. The highest BCUT2D eigenvalue weighted by Gasteiger charge is 2.30. The van der Waals surface area contributed by atoms with Gasteiger partial charge in [-0.1, -0.05) is 12.1 Å². The molecule has 1 aliphatic carbocycles. The molecule has 1 saturated carbocycles. The van der Waals surface area contributed by atoms with E-state index in [2.05, 4.69) is 20.4 Å². The minimum atomic E-state index is 0.103. The minimum Gasteiger partial charge on any atom is -0.378 e. The fraction of sp³-hybridized carbons (Fsp3) is 0.333. The molecule has 2 fully saturated rings. The van der Waals surface area contributed by atoms with Gasteiger partial charge in [0.2, 0.25) is 5.91 Å². The van der Waals surface area contributed by atoms with Crippen LogP contribution >= 0.6 is 11.3 Å². The van der Waals surface area contributed by atoms with E-state index in [1.54, 1.807) is 11.3 Å². The summed E-state index contributed by atoms with van der Waals surface area (Å²) < 4.78 is 6.53. The Balaban J connectivity index is 1.49. The van der Waals surface area contributed by atoms with E-state index in [-0.39, 0.29) is 11.8 Å². The van der Waals surface area contributed by atoms with Gasteiger partial charge in [0, 0.05) is 30.0 Å². The molecule has 152 valence electrons. The largest absolute Gasteiger partial charge is 0.378 e. The number of carbonyl (C=O) groups excluding carboxylic acids is 1. The van der Waals surface area contributed by atoms with Crippen molar-refractivity contribution in [1.29, 1.82) is 0 Å². The Morgan fingerprint density at radius 1 is 1.23 bits per heavy atom. The molecule has 1 amide bonds. The van der Waals surface area contributed by atoms with Crippen LogP contribution in [0.15, 0.2) is 30.5 Å². The Bertz CT molecular complexity index is 1260. The molecule has 30 heavy (non-hydrogen) atoms. The predicted octanol–water partition coefficient (Wildman–Crippen LogP) is 3.42. The second kappa shape index (κ2) is 7.03. The maximum Gasteiger partial charge on any atom is 0.228 e. The van der Waals surface area contributed by atoms with Gasteiger partial charge in [0.05, 0.1) is 40.1 Å². The van der Waals surface area contributed by atoms with Crippen molar-refractivity contribution in [1.82, 2.24) is 20.2 Å². The van der Waals surface area contributed by atoms with Gasteiger partial charge in [-0.2, -0.15) is 5.10 Å². The van der Waals surface area contributed by atoms with Gasteiger partial charge in [0.25, 0.3) is 0 Å². The van der Waals surface area contributed by atoms with Gasteiger partial charge < -0.3 is 15.0 Å². The van der Waals surface area contributed by atoms with E-state index in [4.69, 9.17) is 14.7 Å². The molecular weight excluding hydrogens is 400 g/mol. The number of benzene rings is 1. The van der Waals surface area contributed by atoms with Crippen LogP contribution in [0.2, 0.25) is 0 Å². The van der Waals surface area contributed by atoms with Crippen LogP contribution in [0.1, 0.15) is 12.8 Å². The van der Waals surface area contributed by atoms with Crippen molar-refractivity contribution in [2.75, 3.05) is 36.5 Å². The third-order valence-electron chi connectivity index (χ3n) is 5.58. The van der Waals surface area contributed by atoms with Crippen LogP contribution in [0.25, 0.3) is 32.5 Å². The lowest BCUT2D eigenvalue weighted by atomic mass is 10.1. The Kier molecular flexibility index (Phi) is 4.17. The van der Waals surface area contributed by atoms with E-state index in [0.29, 0.717) is 19.0 Å². The summed E-state index contributed by atoms with van der Waals surface area (Å²) in [6.45, 7) is 2.91. The zero-order chi connectivity index (χ0) is 20.1. The highest BCUT2D eigenvalue weighted by molar-refractivity contribution is 7.23. The molecule has 4 heterocycles. The van der Waals surface area contributed by atoms with Crippen molar-refractivity contribution in [2.45, 2.75) is 12.8 Å². The molecule has 0 atom stereocenters. The van der Waals surface area contributed by atoms with Gasteiger partial charge in [-0.05, 0) is 25.0 Å². The van der Waals surface area contributed by atoms with Crippen LogP contribution in [0.4, 0.5) is 10.8 Å². The summed E-state index contributed by atoms with van der Waals surface area (Å²) in [6.07, 6.45) is 3.77. The first-order valence-electron chi connectivity index (χ1n) is 10.1. The Labute approximate surface area is 176 Å². The summed E-state index contributed by atoms with van der Waals surface area (Å²) in [5, 5.41) is 12.1. The van der Waals surface area contributed by atoms with E-state index in [1.807, 2.05) is 30.5 Å². The van der Waals surface area contributed by atoms with Gasteiger partial charge in [0.15, 0.2) is 11.6 Å². The van der Waals surface area contributed by atoms with Crippen LogP contribution in [0, 0.1) is 5.92 Å². The van der Waals surface area contributed by atoms with Crippen molar-refractivity contribution in [2.24, 2.45) is 5.92 Å². The lowest BCUT2D eigenvalue weighted by Crippen LogP contribution is -2.36. The highest BCUT2D eigenvalue weighted by Crippen LogP contribution is 2.39. The van der Waals surface area contributed by atoms with Crippen molar-refractivity contribution >= 4 is 49.2 Å². The molecule has 3 aromatic heterocycles. The first-order valence-corrected chi connectivity index (χ1v) is 11.0. The third kappa shape index (κ3) is 3.10. The number of aromatic nitrogens is 4. The zero-order valence-electron chi connectivity index (χ0n) is 16.2. The average Bonchev–Trinajstić information content (AvgIpc) is 3.38. The highest BCUT2D eigenvalue weighted by atomic mass is 32.1. The number of hydrogen-bond donors (Lipinski definition) is 2. The van der Waals surface area contributed by atoms with E-state index >= 15 is 0 Å². The molecule has 0 unspecified atom stereocenters. The summed E-state index contributed by atoms with van der Waals surface area (Å²) in [4.78, 5) is 24.4. The maximum absolute atomic E-state index is 12.3. The summed E-state index contributed by atoms with van der Waals surface area (Å²) in [6, 6.07) is 7.95. The fourth-order valence-electron chi connectivity index (χ4n) is 3.82. The first-order chi connectivity index (χ1) is 14.8. The Morgan fingerprint density at radius 2 is 2.10 bits per heavy atom. The van der Waals surface area contributed by atoms with Crippen LogP contribution in [0.5, 0.6) is 0 Å². The number of ether oxygens (including phenoxy) is 1. The van der Waals surface area contributed by atoms with E-state index < -0.39 is 0 Å². The summed E-state index contributed by atoms with van der Waals surface area (Å²) in [7, 11) is 0. The molecule has 0 spiro atoms. The second-order valence-electron chi connectivity index (χ2n) is 7.70. The molecular formula is C21H20N6O2S. The fourth-order valence-corrected chi connectivity index (χ4v) is 4.84. The number of nitrogens with zero attached hydrogens (tertiary/aromatic N) is 4. The Morgan fingerprint density at radius 3 is 2.93 bits per heavy atom. The molecule has 4 aromatic rings. The number of anilines is 2. The lowest BCUT2D eigenvalue weighted by molar-refractivity contribution is -0.117. The zero-order valence-corrected chi connectivity index (χ0v) is 17.0. The molecule has 2 aliphatic rings. The molecule has 0 radical (unpaired) electrons. The maximum atomic E-state index is 12.3. The summed E-state index contributed by atoms with van der Waals surface area (Å²) in [5.41, 5.74) is 2.73. The van der Waals surface area contributed by atoms with Crippen LogP contribution < -0.4 is 10.2 Å². The molecule has 8 nitrogen and oxygen atoms in total. The third-order valence-corrected chi connectivity index (χ3v) is 6.62. The molecule has 6 rings (SSSR count). The van der Waals surface area contributed by atoms with Crippen molar-refractivity contribution in [3.63, 3.8) is 0 Å². The van der Waals surface area contributed by atoms with Crippen molar-refractivity contribution in [3.05, 3.63) is 30.5 Å². The van der Waals surface area contributed by atoms with Crippen LogP contribution in [-0.4, -0.2) is 52.4 Å². The molecule has 9 heteroatoms. The smallest absolute Gasteiger partial charge is 0.228 e. The topological polar surface area (TPSA) is 96.0 Å². The normalized spacial score (nSPS) is 17.0. The number of thiophene rings is 1. The van der Waals surface area contributed by atoms with Gasteiger partial charge in [0.1, 0.15) is 0 Å². The van der Waals surface area contributed by atoms with E-state index in [1.165, 1.54) is 0 Å². The molecule has 1 saturated heterocycles. The quantitative estimate of drug-likeness (QED) is 0.525. The van der Waals surface area contributed by atoms with Crippen molar-refractivity contribution in [3.8, 4) is 11.4 Å². The van der Waals surface area contributed by atoms with Gasteiger partial charge >= 0.3 is 0 Å². The number of rotatable bonds is 4. The minimum absolute atomic E-state index is 0.103. The number of H-pyrrole nitrogens is 1. The molecule has 1 aliphatic heterocycles. The number of nitrogens with one attached hydrogen (secondary N) is 2. The van der Waals surface area contributed by atoms with E-state index in [0.717, 1.165) is 63.4 Å². The van der Waals surface area contributed by atoms with Gasteiger partial charge in [-0.15, -0.1) is 11.3 Å². The average molecular weight is 420 g/mol. The second-order valence-corrected chi connectivity index (χ2v) is 8.75.